The van der Waals surface area contributed by atoms with Gasteiger partial charge < -0.3 is 15.5 Å². The van der Waals surface area contributed by atoms with Crippen molar-refractivity contribution in [3.05, 3.63) is 23.8 Å². The zero-order valence-electron chi connectivity index (χ0n) is 9.53. The van der Waals surface area contributed by atoms with Crippen molar-refractivity contribution >= 4 is 11.6 Å². The van der Waals surface area contributed by atoms with Crippen LogP contribution in [-0.2, 0) is 4.79 Å². The zero-order chi connectivity index (χ0) is 12.1. The largest absolute Gasteiger partial charge is 0.508 e. The molecule has 3 N–H and O–H groups in total. The Morgan fingerprint density at radius 3 is 2.75 bits per heavy atom. The van der Waals surface area contributed by atoms with E-state index in [4.69, 9.17) is 0 Å². The molecule has 1 unspecified atom stereocenters. The molecule has 0 fully saturated rings. The monoisotopic (exact) mass is 223 g/mol. The van der Waals surface area contributed by atoms with Gasteiger partial charge in [-0.05, 0) is 31.5 Å². The Labute approximate surface area is 94.9 Å². The fourth-order valence-corrected chi connectivity index (χ4v) is 1.42. The molecule has 1 rings (SSSR count). The van der Waals surface area contributed by atoms with E-state index >= 15 is 0 Å². The van der Waals surface area contributed by atoms with E-state index in [0.717, 1.165) is 6.42 Å². The minimum Gasteiger partial charge on any atom is -0.508 e. The van der Waals surface area contributed by atoms with E-state index in [2.05, 4.69) is 5.32 Å². The Bertz CT molecular complexity index is 375. The van der Waals surface area contributed by atoms with Gasteiger partial charge in [0, 0.05) is 17.7 Å². The molecule has 0 aliphatic carbocycles. The summed E-state index contributed by atoms with van der Waals surface area (Å²) in [5.74, 6) is -0.0341. The number of benzene rings is 1. The summed E-state index contributed by atoms with van der Waals surface area (Å²) in [4.78, 5) is 11.3. The van der Waals surface area contributed by atoms with Gasteiger partial charge in [0.2, 0.25) is 5.91 Å². The summed E-state index contributed by atoms with van der Waals surface area (Å²) in [5, 5.41) is 21.6. The molecular formula is C12H17NO3. The molecule has 4 nitrogen and oxygen atoms in total. The number of phenols is 1. The lowest BCUT2D eigenvalue weighted by Crippen LogP contribution is -2.10. The smallest absolute Gasteiger partial charge is 0.224 e. The number of anilines is 1. The lowest BCUT2D eigenvalue weighted by atomic mass is 10.1. The summed E-state index contributed by atoms with van der Waals surface area (Å²) in [5.41, 5.74) is 1.00. The number of phenolic OH excluding ortho intramolecular Hbond substituents is 1. The number of rotatable bonds is 4. The van der Waals surface area contributed by atoms with Crippen molar-refractivity contribution in [1.82, 2.24) is 0 Å². The summed E-state index contributed by atoms with van der Waals surface area (Å²) >= 11 is 0. The van der Waals surface area contributed by atoms with Crippen LogP contribution in [0.1, 0.15) is 38.4 Å². The van der Waals surface area contributed by atoms with Crippen LogP contribution in [0.2, 0.25) is 0 Å². The van der Waals surface area contributed by atoms with Crippen molar-refractivity contribution in [2.45, 2.75) is 32.8 Å². The first kappa shape index (κ1) is 12.5. The average molecular weight is 223 g/mol. The highest BCUT2D eigenvalue weighted by molar-refractivity contribution is 5.90. The van der Waals surface area contributed by atoms with Gasteiger partial charge in [0.1, 0.15) is 5.75 Å². The predicted molar refractivity (Wildman–Crippen MR) is 62.3 cm³/mol. The maximum absolute atomic E-state index is 11.3. The van der Waals surface area contributed by atoms with Gasteiger partial charge in [-0.3, -0.25) is 4.79 Å². The van der Waals surface area contributed by atoms with Gasteiger partial charge in [0.05, 0.1) is 6.10 Å². The van der Waals surface area contributed by atoms with Gasteiger partial charge in [-0.2, -0.15) is 0 Å². The molecule has 0 aromatic heterocycles. The second-order valence-electron chi connectivity index (χ2n) is 3.75. The highest BCUT2D eigenvalue weighted by atomic mass is 16.3. The second-order valence-corrected chi connectivity index (χ2v) is 3.75. The number of amides is 1. The van der Waals surface area contributed by atoms with Crippen LogP contribution in [0.4, 0.5) is 5.69 Å². The van der Waals surface area contributed by atoms with Crippen molar-refractivity contribution in [2.75, 3.05) is 5.32 Å². The topological polar surface area (TPSA) is 69.6 Å². The first-order valence-corrected chi connectivity index (χ1v) is 5.35. The molecule has 0 aliphatic rings. The molecule has 0 radical (unpaired) electrons. The van der Waals surface area contributed by atoms with Crippen LogP contribution in [0, 0.1) is 0 Å². The molecule has 16 heavy (non-hydrogen) atoms. The lowest BCUT2D eigenvalue weighted by molar-refractivity contribution is -0.116. The Morgan fingerprint density at radius 2 is 2.19 bits per heavy atom. The first-order valence-electron chi connectivity index (χ1n) is 5.35. The maximum atomic E-state index is 11.3. The molecule has 1 amide bonds. The number of hydrogen-bond donors (Lipinski definition) is 3. The molecule has 1 aromatic carbocycles. The number of aliphatic hydroxyl groups is 1. The summed E-state index contributed by atoms with van der Waals surface area (Å²) in [7, 11) is 0. The molecule has 0 bridgehead atoms. The van der Waals surface area contributed by atoms with Gasteiger partial charge in [0.15, 0.2) is 0 Å². The molecule has 0 heterocycles. The van der Waals surface area contributed by atoms with Crippen molar-refractivity contribution in [3.8, 4) is 5.75 Å². The fraction of sp³-hybridized carbons (Fsp3) is 0.417. The molecule has 1 atom stereocenters. The van der Waals surface area contributed by atoms with Gasteiger partial charge in [-0.25, -0.2) is 0 Å². The third-order valence-corrected chi connectivity index (χ3v) is 2.24. The zero-order valence-corrected chi connectivity index (χ0v) is 9.53. The maximum Gasteiger partial charge on any atom is 0.224 e. The van der Waals surface area contributed by atoms with E-state index in [1.54, 1.807) is 19.1 Å². The molecule has 0 saturated carbocycles. The van der Waals surface area contributed by atoms with Crippen LogP contribution < -0.4 is 5.32 Å². The molecule has 0 aliphatic heterocycles. The van der Waals surface area contributed by atoms with E-state index in [-0.39, 0.29) is 11.7 Å². The third-order valence-electron chi connectivity index (χ3n) is 2.24. The van der Waals surface area contributed by atoms with E-state index in [0.29, 0.717) is 17.7 Å². The number of carbonyl (C=O) groups is 1. The van der Waals surface area contributed by atoms with Crippen LogP contribution in [0.25, 0.3) is 0 Å². The van der Waals surface area contributed by atoms with E-state index in [9.17, 15) is 15.0 Å². The van der Waals surface area contributed by atoms with Crippen molar-refractivity contribution in [3.63, 3.8) is 0 Å². The molecule has 4 heteroatoms. The lowest BCUT2D eigenvalue weighted by Gasteiger charge is -2.10. The van der Waals surface area contributed by atoms with Gasteiger partial charge >= 0.3 is 0 Å². The normalized spacial score (nSPS) is 12.2. The van der Waals surface area contributed by atoms with Crippen LogP contribution in [-0.4, -0.2) is 16.1 Å². The van der Waals surface area contributed by atoms with Crippen molar-refractivity contribution < 1.29 is 15.0 Å². The Hall–Kier alpha value is -1.55. The number of nitrogens with one attached hydrogen (secondary N) is 1. The highest BCUT2D eigenvalue weighted by Gasteiger charge is 2.09. The van der Waals surface area contributed by atoms with Gasteiger partial charge in [-0.15, -0.1) is 0 Å². The second kappa shape index (κ2) is 5.51. The van der Waals surface area contributed by atoms with Crippen LogP contribution >= 0.6 is 0 Å². The van der Waals surface area contributed by atoms with E-state index in [1.807, 2.05) is 6.92 Å². The van der Waals surface area contributed by atoms with E-state index in [1.165, 1.54) is 6.07 Å². The summed E-state index contributed by atoms with van der Waals surface area (Å²) in [6, 6.07) is 4.64. The number of aromatic hydroxyl groups is 1. The summed E-state index contributed by atoms with van der Waals surface area (Å²) < 4.78 is 0. The van der Waals surface area contributed by atoms with Crippen LogP contribution in [0.5, 0.6) is 5.75 Å². The van der Waals surface area contributed by atoms with E-state index < -0.39 is 6.10 Å². The quantitative estimate of drug-likeness (QED) is 0.685. The van der Waals surface area contributed by atoms with Crippen LogP contribution in [0.3, 0.4) is 0 Å². The summed E-state index contributed by atoms with van der Waals surface area (Å²) in [6.45, 7) is 3.49. The Kier molecular flexibility index (Phi) is 4.31. The van der Waals surface area contributed by atoms with Gasteiger partial charge in [0.25, 0.3) is 0 Å². The average Bonchev–Trinajstić information content (AvgIpc) is 2.21. The van der Waals surface area contributed by atoms with Crippen molar-refractivity contribution in [2.24, 2.45) is 0 Å². The van der Waals surface area contributed by atoms with Crippen molar-refractivity contribution in [1.29, 1.82) is 0 Å². The third kappa shape index (κ3) is 3.24. The molecule has 88 valence electrons. The molecular weight excluding hydrogens is 206 g/mol. The number of aliphatic hydroxyl groups excluding tert-OH is 1. The number of hydrogen-bond acceptors (Lipinski definition) is 3. The standard InChI is InChI=1S/C12H17NO3/c1-3-4-12(16)13-9-5-6-11(15)10(7-9)8(2)14/h5-8,14-15H,3-4H2,1-2H3,(H,13,16). The summed E-state index contributed by atoms with van der Waals surface area (Å²) in [6.07, 6.45) is 0.487. The highest BCUT2D eigenvalue weighted by Crippen LogP contribution is 2.27. The molecule has 1 aromatic rings. The Morgan fingerprint density at radius 1 is 1.50 bits per heavy atom. The SMILES string of the molecule is CCCC(=O)Nc1ccc(O)c(C(C)O)c1. The number of carbonyl (C=O) groups excluding carboxylic acids is 1. The molecule has 0 spiro atoms. The molecule has 0 saturated heterocycles. The fourth-order valence-electron chi connectivity index (χ4n) is 1.42. The van der Waals surface area contributed by atoms with Gasteiger partial charge in [-0.1, -0.05) is 6.92 Å². The minimum absolute atomic E-state index is 0.0310. The minimum atomic E-state index is -0.761. The van der Waals surface area contributed by atoms with Crippen LogP contribution in [0.15, 0.2) is 18.2 Å². The Balaban J connectivity index is 2.82. The first-order chi connectivity index (χ1) is 7.54. The predicted octanol–water partition coefficient (Wildman–Crippen LogP) is 2.18.